The van der Waals surface area contributed by atoms with Crippen LogP contribution in [0.1, 0.15) is 29.7 Å². The number of hydrogen-bond acceptors (Lipinski definition) is 6. The van der Waals surface area contributed by atoms with Gasteiger partial charge in [0.2, 0.25) is 5.88 Å². The molecule has 4 aromatic rings. The average Bonchev–Trinajstić information content (AvgIpc) is 3.34. The van der Waals surface area contributed by atoms with Crippen LogP contribution in [0.5, 0.6) is 11.6 Å². The van der Waals surface area contributed by atoms with Crippen LogP contribution in [0, 0.1) is 13.8 Å². The molecule has 1 aliphatic rings. The Morgan fingerprint density at radius 1 is 1.17 bits per heavy atom. The van der Waals surface area contributed by atoms with Crippen LogP contribution in [0.25, 0.3) is 23.0 Å². The Kier molecular flexibility index (Phi) is 3.99. The molecular weight excluding hydrogens is 384 g/mol. The molecule has 1 saturated carbocycles. The molecule has 0 atom stereocenters. The van der Waals surface area contributed by atoms with Gasteiger partial charge < -0.3 is 15.2 Å². The fraction of sp³-hybridized carbons (Fsp3) is 0.238. The Morgan fingerprint density at radius 3 is 2.53 bits per heavy atom. The van der Waals surface area contributed by atoms with Gasteiger partial charge in [0, 0.05) is 16.8 Å². The first-order chi connectivity index (χ1) is 14.4. The zero-order valence-corrected chi connectivity index (χ0v) is 16.5. The number of aromatic nitrogens is 5. The number of benzene rings is 1. The van der Waals surface area contributed by atoms with Crippen molar-refractivity contribution >= 4 is 11.7 Å². The highest BCUT2D eigenvalue weighted by molar-refractivity contribution is 5.66. The van der Waals surface area contributed by atoms with E-state index in [0.717, 1.165) is 29.5 Å². The molecule has 0 saturated heterocycles. The number of aromatic hydroxyl groups is 2. The summed E-state index contributed by atoms with van der Waals surface area (Å²) in [6.45, 7) is 3.70. The molecule has 0 unspecified atom stereocenters. The number of fused-ring (bicyclic) bond motifs is 1. The highest BCUT2D eigenvalue weighted by atomic mass is 16.3. The molecule has 1 aromatic carbocycles. The number of aryl methyl sites for hydroxylation is 2. The van der Waals surface area contributed by atoms with Crippen LogP contribution >= 0.6 is 0 Å². The van der Waals surface area contributed by atoms with Gasteiger partial charge in [-0.25, -0.2) is 9.78 Å². The number of phenolic OH excluding ortho intramolecular Hbond substituents is 1. The lowest BCUT2D eigenvalue weighted by Gasteiger charge is -2.08. The zero-order valence-electron chi connectivity index (χ0n) is 16.5. The number of rotatable bonds is 3. The molecule has 0 amide bonds. The SMILES string of the molecule is Cc1cc(-c2cc(=NC3CC3)n3ncc(=Cc4[nH]c(=O)[nH]c4O)c3n2)cc(C)c1O. The van der Waals surface area contributed by atoms with Gasteiger partial charge in [0.1, 0.15) is 11.4 Å². The zero-order chi connectivity index (χ0) is 21.0. The van der Waals surface area contributed by atoms with Crippen molar-refractivity contribution in [2.45, 2.75) is 32.7 Å². The van der Waals surface area contributed by atoms with E-state index in [1.807, 2.05) is 32.0 Å². The fourth-order valence-electron chi connectivity index (χ4n) is 3.45. The van der Waals surface area contributed by atoms with Crippen molar-refractivity contribution in [3.63, 3.8) is 0 Å². The maximum absolute atomic E-state index is 11.5. The van der Waals surface area contributed by atoms with E-state index in [0.29, 0.717) is 22.0 Å². The predicted molar refractivity (Wildman–Crippen MR) is 110 cm³/mol. The molecule has 4 N–H and O–H groups in total. The molecule has 0 bridgehead atoms. The third-order valence-electron chi connectivity index (χ3n) is 5.16. The van der Waals surface area contributed by atoms with Crippen molar-refractivity contribution in [1.82, 2.24) is 24.6 Å². The molecular formula is C21H20N6O3. The fourth-order valence-corrected chi connectivity index (χ4v) is 3.45. The Morgan fingerprint density at radius 2 is 1.90 bits per heavy atom. The van der Waals surface area contributed by atoms with Gasteiger partial charge in [-0.15, -0.1) is 0 Å². The molecule has 152 valence electrons. The minimum atomic E-state index is -0.497. The molecule has 1 fully saturated rings. The molecule has 9 nitrogen and oxygen atoms in total. The number of aromatic amines is 2. The predicted octanol–water partition coefficient (Wildman–Crippen LogP) is 1.05. The Bertz CT molecular complexity index is 1450. The molecule has 0 radical (unpaired) electrons. The molecule has 30 heavy (non-hydrogen) atoms. The summed E-state index contributed by atoms with van der Waals surface area (Å²) in [5, 5.41) is 25.1. The van der Waals surface area contributed by atoms with Gasteiger partial charge >= 0.3 is 5.69 Å². The number of H-pyrrole nitrogens is 2. The second-order valence-corrected chi connectivity index (χ2v) is 7.64. The van der Waals surface area contributed by atoms with Crippen LogP contribution in [-0.2, 0) is 0 Å². The number of phenols is 1. The van der Waals surface area contributed by atoms with E-state index in [1.54, 1.807) is 16.8 Å². The topological polar surface area (TPSA) is 132 Å². The lowest BCUT2D eigenvalue weighted by atomic mass is 10.0. The second-order valence-electron chi connectivity index (χ2n) is 7.64. The van der Waals surface area contributed by atoms with E-state index in [2.05, 4.69) is 15.1 Å². The summed E-state index contributed by atoms with van der Waals surface area (Å²) in [5.41, 5.74) is 4.09. The van der Waals surface area contributed by atoms with Crippen LogP contribution in [0.4, 0.5) is 0 Å². The summed E-state index contributed by atoms with van der Waals surface area (Å²) in [6.07, 6.45) is 5.33. The summed E-state index contributed by atoms with van der Waals surface area (Å²) in [6, 6.07) is 5.95. The van der Waals surface area contributed by atoms with E-state index >= 15 is 0 Å². The molecule has 0 spiro atoms. The van der Waals surface area contributed by atoms with Gasteiger partial charge in [0.25, 0.3) is 0 Å². The highest BCUT2D eigenvalue weighted by Crippen LogP contribution is 2.28. The van der Waals surface area contributed by atoms with Gasteiger partial charge in [0.15, 0.2) is 11.1 Å². The quantitative estimate of drug-likeness (QED) is 0.405. The van der Waals surface area contributed by atoms with Crippen molar-refractivity contribution in [2.24, 2.45) is 4.99 Å². The first kappa shape index (κ1) is 18.2. The van der Waals surface area contributed by atoms with Crippen molar-refractivity contribution in [2.75, 3.05) is 0 Å². The van der Waals surface area contributed by atoms with E-state index < -0.39 is 5.69 Å². The maximum atomic E-state index is 11.5. The van der Waals surface area contributed by atoms with Gasteiger partial charge in [-0.1, -0.05) is 0 Å². The van der Waals surface area contributed by atoms with Crippen LogP contribution in [-0.4, -0.2) is 40.8 Å². The molecule has 5 rings (SSSR count). The van der Waals surface area contributed by atoms with Crippen molar-refractivity contribution < 1.29 is 10.2 Å². The summed E-state index contributed by atoms with van der Waals surface area (Å²) in [7, 11) is 0. The molecule has 3 aromatic heterocycles. The van der Waals surface area contributed by atoms with Crippen molar-refractivity contribution in [3.8, 4) is 22.9 Å². The normalized spacial score (nSPS) is 15.4. The van der Waals surface area contributed by atoms with E-state index in [9.17, 15) is 15.0 Å². The maximum Gasteiger partial charge on any atom is 0.326 e. The van der Waals surface area contributed by atoms with Crippen molar-refractivity contribution in [1.29, 1.82) is 0 Å². The van der Waals surface area contributed by atoms with Gasteiger partial charge in [-0.3, -0.25) is 9.98 Å². The summed E-state index contributed by atoms with van der Waals surface area (Å²) >= 11 is 0. The smallest absolute Gasteiger partial charge is 0.326 e. The highest BCUT2D eigenvalue weighted by Gasteiger charge is 2.20. The van der Waals surface area contributed by atoms with E-state index in [-0.39, 0.29) is 23.4 Å². The Balaban J connectivity index is 1.79. The average molecular weight is 404 g/mol. The van der Waals surface area contributed by atoms with Crippen molar-refractivity contribution in [3.05, 3.63) is 62.4 Å². The van der Waals surface area contributed by atoms with Crippen LogP contribution in [0.3, 0.4) is 0 Å². The first-order valence-electron chi connectivity index (χ1n) is 9.65. The Hall–Kier alpha value is -3.88. The number of nitrogens with one attached hydrogen (secondary N) is 2. The third-order valence-corrected chi connectivity index (χ3v) is 5.16. The lowest BCUT2D eigenvalue weighted by Crippen LogP contribution is -2.19. The monoisotopic (exact) mass is 404 g/mol. The van der Waals surface area contributed by atoms with E-state index in [4.69, 9.17) is 9.98 Å². The molecule has 1 aliphatic carbocycles. The summed E-state index contributed by atoms with van der Waals surface area (Å²) in [4.78, 5) is 25.8. The molecule has 3 heterocycles. The van der Waals surface area contributed by atoms with E-state index in [1.165, 1.54) is 0 Å². The van der Waals surface area contributed by atoms with Crippen LogP contribution in [0.15, 0.2) is 34.2 Å². The summed E-state index contributed by atoms with van der Waals surface area (Å²) < 4.78 is 1.66. The van der Waals surface area contributed by atoms with Gasteiger partial charge in [0.05, 0.1) is 17.9 Å². The minimum absolute atomic E-state index is 0.247. The molecule has 0 aliphatic heterocycles. The standard InChI is InChI=1S/C21H20N6O3/c1-10-5-12(6-11(2)18(10)28)15-8-17(23-14-3-4-14)27-19(24-15)13(9-22-27)7-16-20(29)26-21(30)25-16/h5-9,14,28-29H,3-4H2,1-2H3,(H2,25,26,30). The van der Waals surface area contributed by atoms with Gasteiger partial charge in [-0.05, 0) is 56.0 Å². The summed E-state index contributed by atoms with van der Waals surface area (Å²) in [5.74, 6) is 0.0242. The largest absolute Gasteiger partial charge is 0.507 e. The van der Waals surface area contributed by atoms with Crippen LogP contribution in [0.2, 0.25) is 0 Å². The first-order valence-corrected chi connectivity index (χ1v) is 9.65. The number of imidazole rings is 1. The van der Waals surface area contributed by atoms with Crippen LogP contribution < -0.4 is 16.4 Å². The lowest BCUT2D eigenvalue weighted by molar-refractivity contribution is 0.454. The second kappa shape index (κ2) is 6.58. The number of hydrogen-bond donors (Lipinski definition) is 4. The number of nitrogens with zero attached hydrogens (tertiary/aromatic N) is 4. The minimum Gasteiger partial charge on any atom is -0.507 e. The third kappa shape index (κ3) is 3.14. The molecule has 9 heteroatoms. The van der Waals surface area contributed by atoms with Gasteiger partial charge in [-0.2, -0.15) is 9.61 Å². The Labute approximate surface area is 170 Å².